The van der Waals surface area contributed by atoms with Crippen molar-refractivity contribution in [1.82, 2.24) is 0 Å². The van der Waals surface area contributed by atoms with Crippen LogP contribution in [-0.2, 0) is 4.79 Å². The summed E-state index contributed by atoms with van der Waals surface area (Å²) in [5.41, 5.74) is 11.6. The number of hydrogen-bond acceptors (Lipinski definition) is 4. The van der Waals surface area contributed by atoms with E-state index in [1.165, 1.54) is 29.5 Å². The normalized spacial score (nSPS) is 11.9. The number of amides is 2. The smallest absolute Gasteiger partial charge is 0.248 e. The summed E-state index contributed by atoms with van der Waals surface area (Å²) in [6.07, 6.45) is 0. The number of primary amides is 1. The molecule has 2 amide bonds. The third kappa shape index (κ3) is 3.16. The van der Waals surface area contributed by atoms with E-state index in [9.17, 15) is 9.59 Å². The van der Waals surface area contributed by atoms with E-state index in [1.54, 1.807) is 6.07 Å². The van der Waals surface area contributed by atoms with Crippen LogP contribution in [0.25, 0.3) is 0 Å². The fraction of sp³-hybridized carbons (Fsp3) is 0.0769. The Balaban J connectivity index is 2.19. The van der Waals surface area contributed by atoms with E-state index in [-0.39, 0.29) is 5.56 Å². The van der Waals surface area contributed by atoms with Gasteiger partial charge in [-0.1, -0.05) is 17.7 Å². The molecule has 0 aliphatic heterocycles. The summed E-state index contributed by atoms with van der Waals surface area (Å²) >= 11 is 7.36. The maximum Gasteiger partial charge on any atom is 0.248 e. The molecule has 2 aromatic rings. The van der Waals surface area contributed by atoms with Gasteiger partial charge in [0, 0.05) is 10.4 Å². The first-order valence-corrected chi connectivity index (χ1v) is 6.94. The number of anilines is 1. The number of hydrogen-bond donors (Lipinski definition) is 3. The molecule has 0 aliphatic carbocycles. The van der Waals surface area contributed by atoms with E-state index in [0.29, 0.717) is 10.7 Å². The van der Waals surface area contributed by atoms with E-state index >= 15 is 0 Å². The van der Waals surface area contributed by atoms with E-state index < -0.39 is 17.9 Å². The highest BCUT2D eigenvalue weighted by molar-refractivity contribution is 7.10. The standard InChI is InChI=1S/C13H12ClN3O2S/c14-8-4-3-7(12(16)18)6-9(8)17-13(19)11(15)10-2-1-5-20-10/h1-6,11H,15H2,(H2,16,18)(H,17,19). The van der Waals surface area contributed by atoms with Gasteiger partial charge in [-0.3, -0.25) is 9.59 Å². The molecular weight excluding hydrogens is 298 g/mol. The Kier molecular flexibility index (Phi) is 4.39. The molecule has 0 bridgehead atoms. The van der Waals surface area contributed by atoms with Gasteiger partial charge in [-0.2, -0.15) is 0 Å². The molecule has 1 unspecified atom stereocenters. The predicted molar refractivity (Wildman–Crippen MR) is 79.8 cm³/mol. The molecule has 5 N–H and O–H groups in total. The lowest BCUT2D eigenvalue weighted by atomic mass is 10.1. The van der Waals surface area contributed by atoms with Crippen LogP contribution in [0.3, 0.4) is 0 Å². The Morgan fingerprint density at radius 2 is 2.05 bits per heavy atom. The Morgan fingerprint density at radius 3 is 2.65 bits per heavy atom. The van der Waals surface area contributed by atoms with Crippen LogP contribution in [0, 0.1) is 0 Å². The van der Waals surface area contributed by atoms with Gasteiger partial charge in [0.2, 0.25) is 11.8 Å². The van der Waals surface area contributed by atoms with Crippen LogP contribution in [0.15, 0.2) is 35.7 Å². The summed E-state index contributed by atoms with van der Waals surface area (Å²) in [5, 5.41) is 4.74. The molecule has 1 atom stereocenters. The van der Waals surface area contributed by atoms with Crippen LogP contribution in [-0.4, -0.2) is 11.8 Å². The fourth-order valence-corrected chi connectivity index (χ4v) is 2.47. The van der Waals surface area contributed by atoms with Gasteiger partial charge >= 0.3 is 0 Å². The second-order valence-electron chi connectivity index (χ2n) is 4.04. The second kappa shape index (κ2) is 6.04. The van der Waals surface area contributed by atoms with Gasteiger partial charge in [0.15, 0.2) is 0 Å². The van der Waals surface area contributed by atoms with E-state index in [2.05, 4.69) is 5.32 Å². The average molecular weight is 310 g/mol. The molecule has 0 aliphatic rings. The van der Waals surface area contributed by atoms with Crippen molar-refractivity contribution in [3.8, 4) is 0 Å². The topological polar surface area (TPSA) is 98.2 Å². The Bertz CT molecular complexity index is 643. The highest BCUT2D eigenvalue weighted by atomic mass is 35.5. The minimum atomic E-state index is -0.789. The van der Waals surface area contributed by atoms with Crippen molar-refractivity contribution >= 4 is 40.4 Å². The molecule has 0 saturated heterocycles. The van der Waals surface area contributed by atoms with Gasteiger partial charge in [0.05, 0.1) is 10.7 Å². The number of thiophene rings is 1. The number of rotatable bonds is 4. The minimum absolute atomic E-state index is 0.259. The average Bonchev–Trinajstić information content (AvgIpc) is 2.94. The van der Waals surface area contributed by atoms with Crippen molar-refractivity contribution in [3.05, 3.63) is 51.2 Å². The first-order valence-electron chi connectivity index (χ1n) is 5.68. The molecule has 104 valence electrons. The molecular formula is C13H12ClN3O2S. The van der Waals surface area contributed by atoms with Gasteiger partial charge in [0.25, 0.3) is 0 Å². The number of nitrogens with two attached hydrogens (primary N) is 2. The Hall–Kier alpha value is -1.89. The van der Waals surface area contributed by atoms with Gasteiger partial charge in [-0.15, -0.1) is 11.3 Å². The van der Waals surface area contributed by atoms with Crippen molar-refractivity contribution in [2.45, 2.75) is 6.04 Å². The van der Waals surface area contributed by atoms with Crippen molar-refractivity contribution < 1.29 is 9.59 Å². The summed E-state index contributed by atoms with van der Waals surface area (Å²) in [4.78, 5) is 23.9. The Labute approximate surface area is 124 Å². The summed E-state index contributed by atoms with van der Waals surface area (Å²) in [7, 11) is 0. The number of carbonyl (C=O) groups excluding carboxylic acids is 2. The van der Waals surface area contributed by atoms with Gasteiger partial charge in [0.1, 0.15) is 6.04 Å². The molecule has 1 heterocycles. The largest absolute Gasteiger partial charge is 0.366 e. The fourth-order valence-electron chi connectivity index (χ4n) is 1.58. The van der Waals surface area contributed by atoms with Crippen molar-refractivity contribution in [1.29, 1.82) is 0 Å². The first kappa shape index (κ1) is 14.5. The lowest BCUT2D eigenvalue weighted by molar-refractivity contribution is -0.117. The highest BCUT2D eigenvalue weighted by Gasteiger charge is 2.18. The van der Waals surface area contributed by atoms with Crippen LogP contribution in [0.1, 0.15) is 21.3 Å². The minimum Gasteiger partial charge on any atom is -0.366 e. The summed E-state index contributed by atoms with van der Waals surface area (Å²) in [5.74, 6) is -1.00. The third-order valence-electron chi connectivity index (χ3n) is 2.64. The number of nitrogens with one attached hydrogen (secondary N) is 1. The first-order chi connectivity index (χ1) is 9.49. The zero-order valence-electron chi connectivity index (χ0n) is 10.3. The lowest BCUT2D eigenvalue weighted by Gasteiger charge is -2.12. The number of benzene rings is 1. The quantitative estimate of drug-likeness (QED) is 0.807. The SMILES string of the molecule is NC(=O)c1ccc(Cl)c(NC(=O)C(N)c2cccs2)c1. The molecule has 7 heteroatoms. The van der Waals surface area contributed by atoms with Crippen molar-refractivity contribution in [2.24, 2.45) is 11.5 Å². The maximum atomic E-state index is 12.0. The summed E-state index contributed by atoms with van der Waals surface area (Å²) in [6.45, 7) is 0. The van der Waals surface area contributed by atoms with Crippen LogP contribution in [0.5, 0.6) is 0 Å². The molecule has 1 aromatic carbocycles. The highest BCUT2D eigenvalue weighted by Crippen LogP contribution is 2.25. The number of halogens is 1. The molecule has 20 heavy (non-hydrogen) atoms. The van der Waals surface area contributed by atoms with Gasteiger partial charge < -0.3 is 16.8 Å². The van der Waals surface area contributed by atoms with Crippen LogP contribution < -0.4 is 16.8 Å². The van der Waals surface area contributed by atoms with Crippen molar-refractivity contribution in [2.75, 3.05) is 5.32 Å². The van der Waals surface area contributed by atoms with E-state index in [4.69, 9.17) is 23.1 Å². The maximum absolute atomic E-state index is 12.0. The Morgan fingerprint density at radius 1 is 1.30 bits per heavy atom. The van der Waals surface area contributed by atoms with Gasteiger partial charge in [-0.05, 0) is 29.6 Å². The lowest BCUT2D eigenvalue weighted by Crippen LogP contribution is -2.27. The molecule has 5 nitrogen and oxygen atoms in total. The van der Waals surface area contributed by atoms with Crippen LogP contribution >= 0.6 is 22.9 Å². The zero-order valence-corrected chi connectivity index (χ0v) is 11.9. The van der Waals surface area contributed by atoms with Crippen molar-refractivity contribution in [3.63, 3.8) is 0 Å². The molecule has 0 spiro atoms. The zero-order chi connectivity index (χ0) is 14.7. The molecule has 2 rings (SSSR count). The molecule has 1 aromatic heterocycles. The third-order valence-corrected chi connectivity index (χ3v) is 3.93. The van der Waals surface area contributed by atoms with Gasteiger partial charge in [-0.25, -0.2) is 0 Å². The monoisotopic (exact) mass is 309 g/mol. The summed E-state index contributed by atoms with van der Waals surface area (Å²) < 4.78 is 0. The number of carbonyl (C=O) groups is 2. The van der Waals surface area contributed by atoms with Crippen LogP contribution in [0.2, 0.25) is 5.02 Å². The predicted octanol–water partition coefficient (Wildman–Crippen LogP) is 2.14. The molecule has 0 saturated carbocycles. The molecule has 0 fully saturated rings. The molecule has 0 radical (unpaired) electrons. The second-order valence-corrected chi connectivity index (χ2v) is 5.43. The van der Waals surface area contributed by atoms with Crippen LogP contribution in [0.4, 0.5) is 5.69 Å². The summed E-state index contributed by atoms with van der Waals surface area (Å²) in [6, 6.07) is 7.20. The van der Waals surface area contributed by atoms with E-state index in [1.807, 2.05) is 11.4 Å². The van der Waals surface area contributed by atoms with E-state index in [0.717, 1.165) is 4.88 Å².